The molecule has 0 amide bonds. The van der Waals surface area contributed by atoms with E-state index in [-0.39, 0.29) is 24.3 Å². The lowest BCUT2D eigenvalue weighted by atomic mass is 9.91. The molecule has 0 aliphatic carbocycles. The highest BCUT2D eigenvalue weighted by Gasteiger charge is 2.36. The van der Waals surface area contributed by atoms with Gasteiger partial charge in [0, 0.05) is 49.6 Å². The normalized spacial score (nSPS) is 20.9. The van der Waals surface area contributed by atoms with Crippen molar-refractivity contribution in [3.05, 3.63) is 29.8 Å². The second-order valence-corrected chi connectivity index (χ2v) is 6.77. The molecule has 0 bridgehead atoms. The van der Waals surface area contributed by atoms with Crippen LogP contribution < -0.4 is 5.32 Å². The van der Waals surface area contributed by atoms with E-state index < -0.39 is 5.97 Å². The first-order valence-electron chi connectivity index (χ1n) is 8.38. The average molecular weight is 345 g/mol. The van der Waals surface area contributed by atoms with Crippen molar-refractivity contribution in [2.45, 2.75) is 38.8 Å². The molecule has 0 aromatic carbocycles. The van der Waals surface area contributed by atoms with E-state index in [9.17, 15) is 9.90 Å². The summed E-state index contributed by atoms with van der Waals surface area (Å²) in [7, 11) is 0. The maximum absolute atomic E-state index is 11.2. The number of hydrogen-bond acceptors (Lipinski definition) is 7. The smallest absolute Gasteiger partial charge is 0.303 e. The summed E-state index contributed by atoms with van der Waals surface area (Å²) < 4.78 is 0. The Morgan fingerprint density at radius 2 is 2.12 bits per heavy atom. The fourth-order valence-corrected chi connectivity index (χ4v) is 3.27. The number of nitrogens with zero attached hydrogens (tertiary/aromatic N) is 5. The summed E-state index contributed by atoms with van der Waals surface area (Å²) in [5.41, 5.74) is 1.82. The molecule has 9 nitrogen and oxygen atoms in total. The van der Waals surface area contributed by atoms with Crippen LogP contribution in [-0.2, 0) is 11.3 Å². The second-order valence-electron chi connectivity index (χ2n) is 6.77. The summed E-state index contributed by atoms with van der Waals surface area (Å²) in [5, 5.41) is 23.0. The number of carbonyl (C=O) groups is 1. The number of carboxylic acids is 1. The molecule has 25 heavy (non-hydrogen) atoms. The number of aliphatic carboxylic acids is 1. The first-order chi connectivity index (χ1) is 12.0. The number of aromatic amines is 1. The highest BCUT2D eigenvalue weighted by Crippen LogP contribution is 2.34. The molecule has 0 saturated carbocycles. The average Bonchev–Trinajstić information content (AvgIpc) is 3.18. The third-order valence-corrected chi connectivity index (χ3v) is 4.30. The van der Waals surface area contributed by atoms with Gasteiger partial charge in [-0.3, -0.25) is 9.69 Å². The summed E-state index contributed by atoms with van der Waals surface area (Å²) in [6.07, 6.45) is 5.43. The topological polar surface area (TPSA) is 120 Å². The molecular formula is C16H23N7O2. The van der Waals surface area contributed by atoms with Gasteiger partial charge in [-0.15, -0.1) is 0 Å². The van der Waals surface area contributed by atoms with Crippen molar-refractivity contribution in [1.29, 1.82) is 0 Å². The molecule has 134 valence electrons. The van der Waals surface area contributed by atoms with E-state index in [4.69, 9.17) is 0 Å². The van der Waals surface area contributed by atoms with E-state index in [1.165, 1.54) is 0 Å². The van der Waals surface area contributed by atoms with Crippen LogP contribution in [-0.4, -0.2) is 60.5 Å². The molecule has 0 radical (unpaired) electrons. The van der Waals surface area contributed by atoms with Crippen LogP contribution in [0.3, 0.4) is 0 Å². The summed E-state index contributed by atoms with van der Waals surface area (Å²) in [5.74, 6) is -0.0831. The molecular weight excluding hydrogens is 322 g/mol. The largest absolute Gasteiger partial charge is 0.481 e. The summed E-state index contributed by atoms with van der Waals surface area (Å²) >= 11 is 0. The monoisotopic (exact) mass is 345 g/mol. The predicted molar refractivity (Wildman–Crippen MR) is 90.9 cm³/mol. The zero-order valence-electron chi connectivity index (χ0n) is 14.4. The first-order valence-corrected chi connectivity index (χ1v) is 8.38. The van der Waals surface area contributed by atoms with Gasteiger partial charge in [-0.05, 0) is 19.8 Å². The number of aromatic nitrogens is 5. The van der Waals surface area contributed by atoms with Gasteiger partial charge in [0.25, 0.3) is 0 Å². The van der Waals surface area contributed by atoms with Crippen LogP contribution in [0.5, 0.6) is 0 Å². The summed E-state index contributed by atoms with van der Waals surface area (Å²) in [4.78, 5) is 22.0. The van der Waals surface area contributed by atoms with Crippen LogP contribution in [0.15, 0.2) is 18.6 Å². The fraction of sp³-hybridized carbons (Fsp3) is 0.562. The fourth-order valence-electron chi connectivity index (χ4n) is 3.27. The minimum Gasteiger partial charge on any atom is -0.481 e. The SMILES string of the molecule is CC(C)Nc1ncc(CN2C[C@H](CC(=O)O)[C@H](c3cn[nH]n3)C2)cn1. The van der Waals surface area contributed by atoms with Crippen LogP contribution in [0.1, 0.15) is 37.4 Å². The lowest BCUT2D eigenvalue weighted by Gasteiger charge is -2.15. The Labute approximate surface area is 145 Å². The predicted octanol–water partition coefficient (Wildman–Crippen LogP) is 1.11. The maximum Gasteiger partial charge on any atom is 0.303 e. The van der Waals surface area contributed by atoms with Crippen LogP contribution in [0.4, 0.5) is 5.95 Å². The van der Waals surface area contributed by atoms with Gasteiger partial charge < -0.3 is 10.4 Å². The van der Waals surface area contributed by atoms with Crippen LogP contribution in [0, 0.1) is 5.92 Å². The van der Waals surface area contributed by atoms with Gasteiger partial charge in [-0.2, -0.15) is 15.4 Å². The molecule has 2 aromatic rings. The zero-order valence-corrected chi connectivity index (χ0v) is 14.4. The molecule has 3 heterocycles. The van der Waals surface area contributed by atoms with Crippen LogP contribution in [0.25, 0.3) is 0 Å². The number of H-pyrrole nitrogens is 1. The van der Waals surface area contributed by atoms with Gasteiger partial charge in [0.05, 0.1) is 18.3 Å². The molecule has 1 saturated heterocycles. The molecule has 2 atom stereocenters. The summed E-state index contributed by atoms with van der Waals surface area (Å²) in [6, 6.07) is 0.282. The molecule has 1 aliphatic rings. The lowest BCUT2D eigenvalue weighted by molar-refractivity contribution is -0.138. The van der Waals surface area contributed by atoms with Crippen LogP contribution >= 0.6 is 0 Å². The van der Waals surface area contributed by atoms with Gasteiger partial charge in [-0.1, -0.05) is 0 Å². The Kier molecular flexibility index (Phi) is 5.22. The van der Waals surface area contributed by atoms with E-state index in [1.807, 2.05) is 26.2 Å². The van der Waals surface area contributed by atoms with Crippen molar-refractivity contribution in [3.63, 3.8) is 0 Å². The third kappa shape index (κ3) is 4.50. The number of rotatable bonds is 7. The van der Waals surface area contributed by atoms with Gasteiger partial charge in [0.2, 0.25) is 5.95 Å². The Morgan fingerprint density at radius 3 is 2.72 bits per heavy atom. The van der Waals surface area contributed by atoms with Crippen molar-refractivity contribution < 1.29 is 9.90 Å². The molecule has 0 spiro atoms. The van der Waals surface area contributed by atoms with Crippen molar-refractivity contribution in [1.82, 2.24) is 30.3 Å². The van der Waals surface area contributed by atoms with E-state index in [0.717, 1.165) is 17.8 Å². The van der Waals surface area contributed by atoms with Gasteiger partial charge >= 0.3 is 5.97 Å². The first kappa shape index (κ1) is 17.3. The standard InChI is InChI=1S/C16H23N7O2/c1-10(2)20-16-17-4-11(5-18-16)7-23-8-12(3-15(24)25)13(9-23)14-6-19-22-21-14/h4-6,10,12-13H,3,7-9H2,1-2H3,(H,24,25)(H,17,18,20)(H,19,21,22)/t12-,13+/m0/s1. The Bertz CT molecular complexity index is 687. The van der Waals surface area contributed by atoms with Crippen molar-refractivity contribution >= 4 is 11.9 Å². The molecule has 0 unspecified atom stereocenters. The molecule has 3 rings (SSSR count). The van der Waals surface area contributed by atoms with Gasteiger partial charge in [-0.25, -0.2) is 9.97 Å². The van der Waals surface area contributed by atoms with Crippen molar-refractivity contribution in [3.8, 4) is 0 Å². The molecule has 2 aromatic heterocycles. The van der Waals surface area contributed by atoms with Crippen LogP contribution in [0.2, 0.25) is 0 Å². The quantitative estimate of drug-likeness (QED) is 0.682. The highest BCUT2D eigenvalue weighted by atomic mass is 16.4. The zero-order chi connectivity index (χ0) is 17.8. The molecule has 3 N–H and O–H groups in total. The molecule has 1 fully saturated rings. The van der Waals surface area contributed by atoms with Gasteiger partial charge in [0.1, 0.15) is 0 Å². The van der Waals surface area contributed by atoms with Gasteiger partial charge in [0.15, 0.2) is 0 Å². The Morgan fingerprint density at radius 1 is 1.36 bits per heavy atom. The number of anilines is 1. The highest BCUT2D eigenvalue weighted by molar-refractivity contribution is 5.67. The minimum absolute atomic E-state index is 0.0189. The Balaban J connectivity index is 1.65. The Hall–Kier alpha value is -2.55. The third-order valence-electron chi connectivity index (χ3n) is 4.30. The van der Waals surface area contributed by atoms with E-state index in [1.54, 1.807) is 6.20 Å². The van der Waals surface area contributed by atoms with E-state index in [2.05, 4.69) is 35.6 Å². The number of likely N-dealkylation sites (tertiary alicyclic amines) is 1. The molecule has 1 aliphatic heterocycles. The second kappa shape index (κ2) is 7.56. The number of hydrogen-bond donors (Lipinski definition) is 3. The van der Waals surface area contributed by atoms with Crippen molar-refractivity contribution in [2.75, 3.05) is 18.4 Å². The van der Waals surface area contributed by atoms with E-state index in [0.29, 0.717) is 19.0 Å². The number of nitrogens with one attached hydrogen (secondary N) is 2. The number of carboxylic acid groups (broad SMARTS) is 1. The summed E-state index contributed by atoms with van der Waals surface area (Å²) in [6.45, 7) is 6.21. The maximum atomic E-state index is 11.2. The minimum atomic E-state index is -0.784. The van der Waals surface area contributed by atoms with E-state index >= 15 is 0 Å². The molecule has 9 heteroatoms. The van der Waals surface area contributed by atoms with Crippen molar-refractivity contribution in [2.24, 2.45) is 5.92 Å². The lowest BCUT2D eigenvalue weighted by Crippen LogP contribution is -2.21.